The molecule has 1 aromatic heterocycles. The molecule has 0 spiro atoms. The number of thiazole rings is 1. The Morgan fingerprint density at radius 2 is 2.07 bits per heavy atom. The number of carbonyl (C=O) groups is 1. The quantitative estimate of drug-likeness (QED) is 0.732. The van der Waals surface area contributed by atoms with Gasteiger partial charge in [0.15, 0.2) is 11.5 Å². The number of rotatable bonds is 5. The summed E-state index contributed by atoms with van der Waals surface area (Å²) in [6.07, 6.45) is -0.0715. The zero-order chi connectivity index (χ0) is 18.6. The van der Waals surface area contributed by atoms with Crippen LogP contribution in [0.1, 0.15) is 5.69 Å². The molecule has 27 heavy (non-hydrogen) atoms. The predicted octanol–water partition coefficient (Wildman–Crippen LogP) is 3.45. The van der Waals surface area contributed by atoms with Crippen LogP contribution in [0.25, 0.3) is 10.6 Å². The first-order valence-corrected chi connectivity index (χ1v) is 9.41. The molecule has 1 aliphatic rings. The number of ether oxygens (including phenoxy) is 2. The summed E-state index contributed by atoms with van der Waals surface area (Å²) in [4.78, 5) is 16.6. The first-order valence-electron chi connectivity index (χ1n) is 8.53. The minimum Gasteiger partial charge on any atom is -0.486 e. The molecule has 0 fully saturated rings. The molecule has 1 amide bonds. The lowest BCUT2D eigenvalue weighted by atomic mass is 10.2. The van der Waals surface area contributed by atoms with Crippen molar-refractivity contribution >= 4 is 17.2 Å². The van der Waals surface area contributed by atoms with Crippen molar-refractivity contribution in [3.63, 3.8) is 0 Å². The Labute approximate surface area is 159 Å². The first kappa shape index (κ1) is 17.5. The van der Waals surface area contributed by atoms with Gasteiger partial charge in [-0.05, 0) is 24.3 Å². The highest BCUT2D eigenvalue weighted by Gasteiger charge is 2.21. The predicted molar refractivity (Wildman–Crippen MR) is 101 cm³/mol. The average Bonchev–Trinajstić information content (AvgIpc) is 3.15. The average molecular weight is 384 g/mol. The Bertz CT molecular complexity index is 960. The van der Waals surface area contributed by atoms with Crippen LogP contribution in [0, 0.1) is 5.82 Å². The molecule has 2 aromatic carbocycles. The van der Waals surface area contributed by atoms with Crippen LogP contribution in [0.15, 0.2) is 53.9 Å². The van der Waals surface area contributed by atoms with E-state index in [-0.39, 0.29) is 24.2 Å². The number of para-hydroxylation sites is 2. The smallest absolute Gasteiger partial charge is 0.226 e. The maximum absolute atomic E-state index is 13.3. The third-order valence-electron chi connectivity index (χ3n) is 4.06. The lowest BCUT2D eigenvalue weighted by molar-refractivity contribution is -0.121. The van der Waals surface area contributed by atoms with Gasteiger partial charge in [-0.2, -0.15) is 0 Å². The van der Waals surface area contributed by atoms with Crippen LogP contribution in [0.3, 0.4) is 0 Å². The Morgan fingerprint density at radius 3 is 2.93 bits per heavy atom. The van der Waals surface area contributed by atoms with E-state index in [1.54, 1.807) is 12.1 Å². The molecule has 4 rings (SSSR count). The number of fused-ring (bicyclic) bond motifs is 1. The number of benzene rings is 2. The first-order chi connectivity index (χ1) is 13.2. The molecule has 1 atom stereocenters. The van der Waals surface area contributed by atoms with E-state index in [0.29, 0.717) is 40.9 Å². The van der Waals surface area contributed by atoms with Gasteiger partial charge in [-0.3, -0.25) is 4.79 Å². The maximum Gasteiger partial charge on any atom is 0.226 e. The standard InChI is InChI=1S/C20H17FN2O3S/c21-14-5-3-4-13(8-14)20-23-15(12-27-20)9-19(24)22-10-16-11-25-17-6-1-2-7-18(17)26-16/h1-8,12,16H,9-11H2,(H,22,24)/t16-/m1/s1. The van der Waals surface area contributed by atoms with Crippen LogP contribution in [0.5, 0.6) is 11.5 Å². The van der Waals surface area contributed by atoms with E-state index in [1.165, 1.54) is 23.5 Å². The van der Waals surface area contributed by atoms with Crippen LogP contribution >= 0.6 is 11.3 Å². The lowest BCUT2D eigenvalue weighted by Crippen LogP contribution is -2.41. The van der Waals surface area contributed by atoms with Gasteiger partial charge in [-0.25, -0.2) is 9.37 Å². The molecule has 0 saturated heterocycles. The molecule has 3 aromatic rings. The van der Waals surface area contributed by atoms with E-state index in [0.717, 1.165) is 0 Å². The second-order valence-corrected chi connectivity index (χ2v) is 6.99. The van der Waals surface area contributed by atoms with Gasteiger partial charge in [0.1, 0.15) is 23.5 Å². The summed E-state index contributed by atoms with van der Waals surface area (Å²) in [6, 6.07) is 13.7. The van der Waals surface area contributed by atoms with Gasteiger partial charge < -0.3 is 14.8 Å². The Hall–Kier alpha value is -2.93. The third-order valence-corrected chi connectivity index (χ3v) is 5.00. The number of nitrogens with one attached hydrogen (secondary N) is 1. The molecule has 1 N–H and O–H groups in total. The second-order valence-electron chi connectivity index (χ2n) is 6.13. The highest BCUT2D eigenvalue weighted by atomic mass is 32.1. The zero-order valence-corrected chi connectivity index (χ0v) is 15.2. The molecule has 0 saturated carbocycles. The van der Waals surface area contributed by atoms with Crippen molar-refractivity contribution < 1.29 is 18.7 Å². The van der Waals surface area contributed by atoms with Crippen molar-refractivity contribution in [3.05, 3.63) is 65.4 Å². The van der Waals surface area contributed by atoms with Gasteiger partial charge in [-0.15, -0.1) is 11.3 Å². The molecular formula is C20H17FN2O3S. The Morgan fingerprint density at radius 1 is 1.22 bits per heavy atom. The molecule has 0 aliphatic carbocycles. The van der Waals surface area contributed by atoms with Crippen molar-refractivity contribution in [2.45, 2.75) is 12.5 Å². The molecule has 5 nitrogen and oxygen atoms in total. The van der Waals surface area contributed by atoms with Gasteiger partial charge in [0, 0.05) is 10.9 Å². The number of aromatic nitrogens is 1. The van der Waals surface area contributed by atoms with Gasteiger partial charge in [-0.1, -0.05) is 24.3 Å². The van der Waals surface area contributed by atoms with E-state index in [9.17, 15) is 9.18 Å². The van der Waals surface area contributed by atoms with Crippen LogP contribution in [0.2, 0.25) is 0 Å². The molecular weight excluding hydrogens is 367 g/mol. The van der Waals surface area contributed by atoms with E-state index in [2.05, 4.69) is 10.3 Å². The molecule has 0 radical (unpaired) electrons. The zero-order valence-electron chi connectivity index (χ0n) is 14.4. The maximum atomic E-state index is 13.3. The van der Waals surface area contributed by atoms with Crippen LogP contribution in [0.4, 0.5) is 4.39 Å². The summed E-state index contributed by atoms with van der Waals surface area (Å²) in [5.74, 6) is 0.946. The highest BCUT2D eigenvalue weighted by Crippen LogP contribution is 2.30. The summed E-state index contributed by atoms with van der Waals surface area (Å²) in [7, 11) is 0. The minimum absolute atomic E-state index is 0.145. The third kappa shape index (κ3) is 4.25. The summed E-state index contributed by atoms with van der Waals surface area (Å²) in [5, 5.41) is 5.36. The van der Waals surface area contributed by atoms with Crippen molar-refractivity contribution in [3.8, 4) is 22.1 Å². The number of halogens is 1. The van der Waals surface area contributed by atoms with E-state index in [4.69, 9.17) is 9.47 Å². The molecule has 0 unspecified atom stereocenters. The van der Waals surface area contributed by atoms with E-state index < -0.39 is 0 Å². The van der Waals surface area contributed by atoms with Crippen LogP contribution < -0.4 is 14.8 Å². The molecule has 7 heteroatoms. The summed E-state index contributed by atoms with van der Waals surface area (Å²) in [6.45, 7) is 0.742. The molecule has 0 bridgehead atoms. The molecule has 138 valence electrons. The fourth-order valence-corrected chi connectivity index (χ4v) is 3.58. The highest BCUT2D eigenvalue weighted by molar-refractivity contribution is 7.13. The normalized spacial score (nSPS) is 15.4. The number of hydrogen-bond donors (Lipinski definition) is 1. The SMILES string of the molecule is O=C(Cc1csc(-c2cccc(F)c2)n1)NC[C@@H]1COc2ccccc2O1. The van der Waals surface area contributed by atoms with E-state index in [1.807, 2.05) is 29.6 Å². The number of amides is 1. The minimum atomic E-state index is -0.307. The van der Waals surface area contributed by atoms with Crippen molar-refractivity contribution in [1.82, 2.24) is 10.3 Å². The van der Waals surface area contributed by atoms with Crippen molar-refractivity contribution in [2.75, 3.05) is 13.2 Å². The number of hydrogen-bond acceptors (Lipinski definition) is 5. The van der Waals surface area contributed by atoms with Gasteiger partial charge in [0.25, 0.3) is 0 Å². The summed E-state index contributed by atoms with van der Waals surface area (Å²) < 4.78 is 24.8. The topological polar surface area (TPSA) is 60.5 Å². The monoisotopic (exact) mass is 384 g/mol. The van der Waals surface area contributed by atoms with Crippen LogP contribution in [-0.2, 0) is 11.2 Å². The van der Waals surface area contributed by atoms with Crippen LogP contribution in [-0.4, -0.2) is 30.1 Å². The number of nitrogens with zero attached hydrogens (tertiary/aromatic N) is 1. The molecule has 1 aliphatic heterocycles. The summed E-state index contributed by atoms with van der Waals surface area (Å²) in [5.41, 5.74) is 1.36. The Kier molecular flexibility index (Phi) is 5.02. The second kappa shape index (κ2) is 7.75. The Balaban J connectivity index is 1.30. The van der Waals surface area contributed by atoms with E-state index >= 15 is 0 Å². The van der Waals surface area contributed by atoms with Gasteiger partial charge >= 0.3 is 0 Å². The largest absolute Gasteiger partial charge is 0.486 e. The lowest BCUT2D eigenvalue weighted by Gasteiger charge is -2.26. The summed E-state index contributed by atoms with van der Waals surface area (Å²) >= 11 is 1.39. The number of carbonyl (C=O) groups excluding carboxylic acids is 1. The fraction of sp³-hybridized carbons (Fsp3) is 0.200. The van der Waals surface area contributed by atoms with Crippen molar-refractivity contribution in [1.29, 1.82) is 0 Å². The molecule has 2 heterocycles. The fourth-order valence-electron chi connectivity index (χ4n) is 2.76. The van der Waals surface area contributed by atoms with Gasteiger partial charge in [0.05, 0.1) is 18.7 Å². The van der Waals surface area contributed by atoms with Crippen molar-refractivity contribution in [2.24, 2.45) is 0 Å². The van der Waals surface area contributed by atoms with Gasteiger partial charge in [0.2, 0.25) is 5.91 Å².